The minimum absolute atomic E-state index is 0.0661. The molecule has 1 N–H and O–H groups in total. The molecule has 4 heteroatoms. The van der Waals surface area contributed by atoms with Gasteiger partial charge in [-0.2, -0.15) is 0 Å². The average Bonchev–Trinajstić information content (AvgIpc) is 2.46. The summed E-state index contributed by atoms with van der Waals surface area (Å²) in [6.45, 7) is 5.17. The standard InChI is InChI=1S/C17H19BrFNO/c1-12-4-3-5-15(10-12)21-9-8-20-13(2)16-11-14(18)6-7-17(16)19/h3-7,10-11,13,20H,8-9H2,1-2H3. The quantitative estimate of drug-likeness (QED) is 0.766. The number of halogens is 2. The molecule has 1 atom stereocenters. The van der Waals surface area contributed by atoms with Crippen LogP contribution in [-0.4, -0.2) is 13.2 Å². The molecule has 2 aromatic rings. The van der Waals surface area contributed by atoms with E-state index in [0.29, 0.717) is 18.7 Å². The van der Waals surface area contributed by atoms with Gasteiger partial charge in [0.2, 0.25) is 0 Å². The Morgan fingerprint density at radius 3 is 2.81 bits per heavy atom. The van der Waals surface area contributed by atoms with Crippen molar-refractivity contribution in [3.8, 4) is 5.75 Å². The van der Waals surface area contributed by atoms with E-state index >= 15 is 0 Å². The van der Waals surface area contributed by atoms with Crippen LogP contribution in [0.15, 0.2) is 46.9 Å². The van der Waals surface area contributed by atoms with Gasteiger partial charge in [0.25, 0.3) is 0 Å². The van der Waals surface area contributed by atoms with Crippen molar-refractivity contribution < 1.29 is 9.13 Å². The van der Waals surface area contributed by atoms with Crippen LogP contribution < -0.4 is 10.1 Å². The third-order valence-corrected chi connectivity index (χ3v) is 3.73. The van der Waals surface area contributed by atoms with E-state index in [4.69, 9.17) is 4.74 Å². The average molecular weight is 352 g/mol. The number of hydrogen-bond acceptors (Lipinski definition) is 2. The zero-order valence-corrected chi connectivity index (χ0v) is 13.8. The number of aryl methyl sites for hydroxylation is 1. The monoisotopic (exact) mass is 351 g/mol. The molecule has 0 spiro atoms. The van der Waals surface area contributed by atoms with Crippen molar-refractivity contribution in [1.29, 1.82) is 0 Å². The van der Waals surface area contributed by atoms with Crippen LogP contribution in [0.4, 0.5) is 4.39 Å². The van der Waals surface area contributed by atoms with Gasteiger partial charge in [0.15, 0.2) is 0 Å². The predicted octanol–water partition coefficient (Wildman–Crippen LogP) is 4.63. The van der Waals surface area contributed by atoms with Gasteiger partial charge in [0, 0.05) is 22.6 Å². The summed E-state index contributed by atoms with van der Waals surface area (Å²) >= 11 is 3.36. The summed E-state index contributed by atoms with van der Waals surface area (Å²) < 4.78 is 20.3. The summed E-state index contributed by atoms with van der Waals surface area (Å²) in [5, 5.41) is 3.27. The second-order valence-corrected chi connectivity index (χ2v) is 5.92. The van der Waals surface area contributed by atoms with Crippen LogP contribution in [0.5, 0.6) is 5.75 Å². The molecule has 0 aliphatic heterocycles. The molecule has 1 unspecified atom stereocenters. The Balaban J connectivity index is 1.82. The minimum atomic E-state index is -0.196. The molecule has 0 heterocycles. The zero-order chi connectivity index (χ0) is 15.2. The summed E-state index contributed by atoms with van der Waals surface area (Å²) in [4.78, 5) is 0. The first-order valence-corrected chi connectivity index (χ1v) is 7.73. The number of hydrogen-bond donors (Lipinski definition) is 1. The summed E-state index contributed by atoms with van der Waals surface area (Å²) in [5.41, 5.74) is 1.82. The summed E-state index contributed by atoms with van der Waals surface area (Å²) in [6, 6.07) is 12.8. The highest BCUT2D eigenvalue weighted by atomic mass is 79.9. The van der Waals surface area contributed by atoms with Crippen molar-refractivity contribution >= 4 is 15.9 Å². The van der Waals surface area contributed by atoms with Crippen LogP contribution >= 0.6 is 15.9 Å². The van der Waals surface area contributed by atoms with Crippen molar-refractivity contribution in [2.75, 3.05) is 13.2 Å². The largest absolute Gasteiger partial charge is 0.492 e. The number of nitrogens with one attached hydrogen (secondary N) is 1. The molecule has 0 bridgehead atoms. The van der Waals surface area contributed by atoms with Crippen molar-refractivity contribution in [3.05, 3.63) is 63.9 Å². The highest BCUT2D eigenvalue weighted by Crippen LogP contribution is 2.21. The van der Waals surface area contributed by atoms with E-state index in [2.05, 4.69) is 21.2 Å². The molecule has 0 aliphatic carbocycles. The second-order valence-electron chi connectivity index (χ2n) is 5.01. The van der Waals surface area contributed by atoms with E-state index in [-0.39, 0.29) is 11.9 Å². The summed E-state index contributed by atoms with van der Waals surface area (Å²) in [7, 11) is 0. The fourth-order valence-electron chi connectivity index (χ4n) is 2.11. The van der Waals surface area contributed by atoms with Crippen molar-refractivity contribution in [2.24, 2.45) is 0 Å². The van der Waals surface area contributed by atoms with Crippen LogP contribution in [0.2, 0.25) is 0 Å². The lowest BCUT2D eigenvalue weighted by Crippen LogP contribution is -2.25. The molecule has 0 radical (unpaired) electrons. The van der Waals surface area contributed by atoms with E-state index < -0.39 is 0 Å². The molecule has 0 fully saturated rings. The Kier molecular flexibility index (Phi) is 5.76. The van der Waals surface area contributed by atoms with Gasteiger partial charge in [0.1, 0.15) is 18.2 Å². The predicted molar refractivity (Wildman–Crippen MR) is 87.2 cm³/mol. The molecule has 0 saturated carbocycles. The van der Waals surface area contributed by atoms with E-state index in [0.717, 1.165) is 10.2 Å². The van der Waals surface area contributed by atoms with Gasteiger partial charge in [-0.25, -0.2) is 4.39 Å². The Morgan fingerprint density at radius 2 is 2.05 bits per heavy atom. The van der Waals surface area contributed by atoms with Gasteiger partial charge < -0.3 is 10.1 Å². The fraction of sp³-hybridized carbons (Fsp3) is 0.294. The lowest BCUT2D eigenvalue weighted by atomic mass is 10.1. The molecule has 0 aromatic heterocycles. The van der Waals surface area contributed by atoms with Crippen molar-refractivity contribution in [1.82, 2.24) is 5.32 Å². The molecule has 0 aliphatic rings. The maximum absolute atomic E-state index is 13.7. The lowest BCUT2D eigenvalue weighted by molar-refractivity contribution is 0.306. The first-order valence-electron chi connectivity index (χ1n) is 6.94. The first-order chi connectivity index (χ1) is 10.1. The second kappa shape index (κ2) is 7.57. The summed E-state index contributed by atoms with van der Waals surface area (Å²) in [6.07, 6.45) is 0. The normalized spacial score (nSPS) is 12.2. The Hall–Kier alpha value is -1.39. The number of ether oxygens (including phenoxy) is 1. The third-order valence-electron chi connectivity index (χ3n) is 3.24. The van der Waals surface area contributed by atoms with Crippen molar-refractivity contribution in [3.63, 3.8) is 0 Å². The molecular weight excluding hydrogens is 333 g/mol. The molecule has 0 amide bonds. The zero-order valence-electron chi connectivity index (χ0n) is 12.2. The smallest absolute Gasteiger partial charge is 0.128 e. The molecular formula is C17H19BrFNO. The van der Waals surface area contributed by atoms with Gasteiger partial charge in [-0.1, -0.05) is 28.1 Å². The lowest BCUT2D eigenvalue weighted by Gasteiger charge is -2.16. The molecule has 2 aromatic carbocycles. The topological polar surface area (TPSA) is 21.3 Å². The molecule has 2 nitrogen and oxygen atoms in total. The summed E-state index contributed by atoms with van der Waals surface area (Å²) in [5.74, 6) is 0.663. The van der Waals surface area contributed by atoms with Crippen molar-refractivity contribution in [2.45, 2.75) is 19.9 Å². The molecule has 21 heavy (non-hydrogen) atoms. The highest BCUT2D eigenvalue weighted by molar-refractivity contribution is 9.10. The SMILES string of the molecule is Cc1cccc(OCCNC(C)c2cc(Br)ccc2F)c1. The first kappa shape index (κ1) is 16.0. The van der Waals surface area contributed by atoms with Crippen LogP contribution in [0.3, 0.4) is 0 Å². The Labute approximate surface area is 133 Å². The van der Waals surface area contributed by atoms with Gasteiger partial charge in [-0.3, -0.25) is 0 Å². The minimum Gasteiger partial charge on any atom is -0.492 e. The van der Waals surface area contributed by atoms with Crippen LogP contribution in [-0.2, 0) is 0 Å². The highest BCUT2D eigenvalue weighted by Gasteiger charge is 2.10. The van der Waals surface area contributed by atoms with Gasteiger partial charge >= 0.3 is 0 Å². The van der Waals surface area contributed by atoms with Crippen LogP contribution in [0, 0.1) is 12.7 Å². The third kappa shape index (κ3) is 4.83. The number of benzene rings is 2. The number of rotatable bonds is 6. The molecule has 112 valence electrons. The maximum atomic E-state index is 13.7. The van der Waals surface area contributed by atoms with Gasteiger partial charge in [-0.15, -0.1) is 0 Å². The van der Waals surface area contributed by atoms with E-state index in [1.165, 1.54) is 11.6 Å². The Bertz CT molecular complexity index is 603. The molecule has 2 rings (SSSR count). The molecule has 0 saturated heterocycles. The van der Waals surface area contributed by atoms with Crippen LogP contribution in [0.1, 0.15) is 24.1 Å². The fourth-order valence-corrected chi connectivity index (χ4v) is 2.48. The Morgan fingerprint density at radius 1 is 1.24 bits per heavy atom. The van der Waals surface area contributed by atoms with E-state index in [1.54, 1.807) is 12.1 Å². The van der Waals surface area contributed by atoms with Crippen LogP contribution in [0.25, 0.3) is 0 Å². The van der Waals surface area contributed by atoms with E-state index in [9.17, 15) is 4.39 Å². The van der Waals surface area contributed by atoms with Gasteiger partial charge in [-0.05, 0) is 49.7 Å². The maximum Gasteiger partial charge on any atom is 0.128 e. The van der Waals surface area contributed by atoms with E-state index in [1.807, 2.05) is 38.1 Å². The van der Waals surface area contributed by atoms with Gasteiger partial charge in [0.05, 0.1) is 0 Å².